The summed E-state index contributed by atoms with van der Waals surface area (Å²) in [7, 11) is 0. The Hall–Kier alpha value is -1.89. The Bertz CT molecular complexity index is 703. The van der Waals surface area contributed by atoms with Gasteiger partial charge in [0, 0.05) is 25.7 Å². The molecule has 136 valence electrons. The summed E-state index contributed by atoms with van der Waals surface area (Å²) in [6.07, 6.45) is 9.41. The van der Waals surface area contributed by atoms with Crippen molar-refractivity contribution in [1.29, 1.82) is 0 Å². The molecule has 2 aliphatic rings. The standard InChI is InChI=1S/C18H28N6O/c1-2-8-19-16-15-17(22-18(21-16)23-9-11-25-12-10-23)24(13-20-15)14-6-4-3-5-7-14/h13-14H,2-12H2,1H3,(H,19,21,22). The highest BCUT2D eigenvalue weighted by molar-refractivity contribution is 5.84. The van der Waals surface area contributed by atoms with Gasteiger partial charge in [-0.25, -0.2) is 4.98 Å². The van der Waals surface area contributed by atoms with Gasteiger partial charge in [-0.05, 0) is 19.3 Å². The first-order valence-electron chi connectivity index (χ1n) is 9.68. The first kappa shape index (κ1) is 16.6. The van der Waals surface area contributed by atoms with Gasteiger partial charge in [-0.3, -0.25) is 0 Å². The maximum atomic E-state index is 5.48. The minimum Gasteiger partial charge on any atom is -0.378 e. The first-order valence-corrected chi connectivity index (χ1v) is 9.68. The van der Waals surface area contributed by atoms with Crippen LogP contribution in [0, 0.1) is 0 Å². The van der Waals surface area contributed by atoms with Gasteiger partial charge in [0.15, 0.2) is 17.0 Å². The van der Waals surface area contributed by atoms with E-state index in [1.54, 1.807) is 0 Å². The molecule has 2 aromatic heterocycles. The van der Waals surface area contributed by atoms with Gasteiger partial charge in [-0.2, -0.15) is 9.97 Å². The van der Waals surface area contributed by atoms with Crippen molar-refractivity contribution in [1.82, 2.24) is 19.5 Å². The van der Waals surface area contributed by atoms with Crippen LogP contribution >= 0.6 is 0 Å². The fraction of sp³-hybridized carbons (Fsp3) is 0.722. The number of ether oxygens (including phenoxy) is 1. The number of anilines is 2. The molecule has 1 aliphatic carbocycles. The molecule has 1 N–H and O–H groups in total. The number of morpholine rings is 1. The van der Waals surface area contributed by atoms with E-state index in [1.807, 2.05) is 6.33 Å². The van der Waals surface area contributed by atoms with E-state index < -0.39 is 0 Å². The van der Waals surface area contributed by atoms with E-state index >= 15 is 0 Å². The van der Waals surface area contributed by atoms with Crippen LogP contribution in [-0.2, 0) is 4.74 Å². The Balaban J connectivity index is 1.74. The molecule has 2 aromatic rings. The minimum atomic E-state index is 0.519. The van der Waals surface area contributed by atoms with Gasteiger partial charge in [-0.1, -0.05) is 26.2 Å². The number of nitrogens with one attached hydrogen (secondary N) is 1. The van der Waals surface area contributed by atoms with E-state index in [0.717, 1.165) is 62.2 Å². The largest absolute Gasteiger partial charge is 0.378 e. The van der Waals surface area contributed by atoms with E-state index in [4.69, 9.17) is 14.7 Å². The van der Waals surface area contributed by atoms with Gasteiger partial charge >= 0.3 is 0 Å². The van der Waals surface area contributed by atoms with Crippen LogP contribution in [0.1, 0.15) is 51.5 Å². The summed E-state index contributed by atoms with van der Waals surface area (Å²) in [6.45, 7) is 6.22. The molecular weight excluding hydrogens is 316 g/mol. The Labute approximate surface area is 148 Å². The van der Waals surface area contributed by atoms with E-state index in [9.17, 15) is 0 Å². The Kier molecular flexibility index (Phi) is 5.01. The van der Waals surface area contributed by atoms with E-state index in [2.05, 4.69) is 26.7 Å². The second kappa shape index (κ2) is 7.56. The lowest BCUT2D eigenvalue weighted by Crippen LogP contribution is -2.37. The lowest BCUT2D eigenvalue weighted by molar-refractivity contribution is 0.122. The molecule has 0 amide bonds. The zero-order chi connectivity index (χ0) is 17.1. The highest BCUT2D eigenvalue weighted by Gasteiger charge is 2.22. The van der Waals surface area contributed by atoms with Crippen LogP contribution in [0.3, 0.4) is 0 Å². The molecule has 7 heteroatoms. The molecule has 0 unspecified atom stereocenters. The predicted octanol–water partition coefficient (Wildman–Crippen LogP) is 2.99. The number of imidazole rings is 1. The second-order valence-electron chi connectivity index (χ2n) is 7.01. The SMILES string of the molecule is CCCNc1nc(N2CCOCC2)nc2c1ncn2C1CCCCC1. The summed E-state index contributed by atoms with van der Waals surface area (Å²) in [6, 6.07) is 0.519. The van der Waals surface area contributed by atoms with Gasteiger partial charge in [0.25, 0.3) is 0 Å². The summed E-state index contributed by atoms with van der Waals surface area (Å²) in [5.74, 6) is 1.66. The molecule has 4 rings (SSSR count). The molecule has 7 nitrogen and oxygen atoms in total. The highest BCUT2D eigenvalue weighted by Crippen LogP contribution is 2.32. The summed E-state index contributed by atoms with van der Waals surface area (Å²) in [5, 5.41) is 3.45. The molecule has 3 heterocycles. The zero-order valence-corrected chi connectivity index (χ0v) is 15.1. The molecule has 0 radical (unpaired) electrons. The number of fused-ring (bicyclic) bond motifs is 1. The summed E-state index contributed by atoms with van der Waals surface area (Å²) < 4.78 is 7.77. The third kappa shape index (κ3) is 3.42. The van der Waals surface area contributed by atoms with E-state index in [1.165, 1.54) is 32.1 Å². The second-order valence-corrected chi connectivity index (χ2v) is 7.01. The Morgan fingerprint density at radius 1 is 1.16 bits per heavy atom. The van der Waals surface area contributed by atoms with Crippen LogP contribution in [0.2, 0.25) is 0 Å². The van der Waals surface area contributed by atoms with Crippen molar-refractivity contribution in [3.8, 4) is 0 Å². The smallest absolute Gasteiger partial charge is 0.229 e. The molecule has 0 aromatic carbocycles. The van der Waals surface area contributed by atoms with Crippen molar-refractivity contribution in [3.63, 3.8) is 0 Å². The Morgan fingerprint density at radius 3 is 2.72 bits per heavy atom. The molecule has 0 spiro atoms. The van der Waals surface area contributed by atoms with Gasteiger partial charge in [0.1, 0.15) is 0 Å². The van der Waals surface area contributed by atoms with Crippen molar-refractivity contribution < 1.29 is 4.74 Å². The number of hydrogen-bond acceptors (Lipinski definition) is 6. The maximum absolute atomic E-state index is 5.48. The van der Waals surface area contributed by atoms with Crippen molar-refractivity contribution in [2.24, 2.45) is 0 Å². The topological polar surface area (TPSA) is 68.1 Å². The van der Waals surface area contributed by atoms with E-state index in [-0.39, 0.29) is 0 Å². The number of rotatable bonds is 5. The first-order chi connectivity index (χ1) is 12.4. The van der Waals surface area contributed by atoms with Gasteiger partial charge < -0.3 is 19.5 Å². The lowest BCUT2D eigenvalue weighted by Gasteiger charge is -2.27. The molecule has 2 fully saturated rings. The van der Waals surface area contributed by atoms with Crippen LogP contribution < -0.4 is 10.2 Å². The van der Waals surface area contributed by atoms with Crippen molar-refractivity contribution in [2.75, 3.05) is 43.1 Å². The van der Waals surface area contributed by atoms with E-state index in [0.29, 0.717) is 6.04 Å². The maximum Gasteiger partial charge on any atom is 0.229 e. The quantitative estimate of drug-likeness (QED) is 0.899. The molecule has 1 saturated carbocycles. The number of aromatic nitrogens is 4. The predicted molar refractivity (Wildman–Crippen MR) is 99.3 cm³/mol. The average molecular weight is 344 g/mol. The van der Waals surface area contributed by atoms with Crippen LogP contribution in [0.5, 0.6) is 0 Å². The van der Waals surface area contributed by atoms with Crippen LogP contribution in [0.25, 0.3) is 11.2 Å². The van der Waals surface area contributed by atoms with Crippen molar-refractivity contribution in [2.45, 2.75) is 51.5 Å². The van der Waals surface area contributed by atoms with Crippen LogP contribution in [0.4, 0.5) is 11.8 Å². The fourth-order valence-electron chi connectivity index (χ4n) is 3.80. The zero-order valence-electron chi connectivity index (χ0n) is 15.1. The molecule has 25 heavy (non-hydrogen) atoms. The number of nitrogens with zero attached hydrogens (tertiary/aromatic N) is 5. The lowest BCUT2D eigenvalue weighted by atomic mass is 9.95. The van der Waals surface area contributed by atoms with Crippen molar-refractivity contribution in [3.05, 3.63) is 6.33 Å². The van der Waals surface area contributed by atoms with Crippen molar-refractivity contribution >= 4 is 22.9 Å². The molecule has 0 atom stereocenters. The number of hydrogen-bond donors (Lipinski definition) is 1. The van der Waals surface area contributed by atoms with Crippen LogP contribution in [0.15, 0.2) is 6.33 Å². The van der Waals surface area contributed by atoms with Gasteiger partial charge in [0.05, 0.1) is 19.5 Å². The highest BCUT2D eigenvalue weighted by atomic mass is 16.5. The van der Waals surface area contributed by atoms with Gasteiger partial charge in [0.2, 0.25) is 5.95 Å². The molecule has 0 bridgehead atoms. The molecule has 1 aliphatic heterocycles. The summed E-state index contributed by atoms with van der Waals surface area (Å²) >= 11 is 0. The normalized spacial score (nSPS) is 19.5. The molecular formula is C18H28N6O. The molecule has 1 saturated heterocycles. The third-order valence-corrected chi connectivity index (χ3v) is 5.21. The summed E-state index contributed by atoms with van der Waals surface area (Å²) in [5.41, 5.74) is 1.87. The van der Waals surface area contributed by atoms with Gasteiger partial charge in [-0.15, -0.1) is 0 Å². The monoisotopic (exact) mass is 344 g/mol. The fourth-order valence-corrected chi connectivity index (χ4v) is 3.80. The summed E-state index contributed by atoms with van der Waals surface area (Å²) in [4.78, 5) is 16.6. The average Bonchev–Trinajstić information content (AvgIpc) is 3.11. The minimum absolute atomic E-state index is 0.519. The van der Waals surface area contributed by atoms with Crippen LogP contribution in [-0.4, -0.2) is 52.4 Å². The Morgan fingerprint density at radius 2 is 1.96 bits per heavy atom. The third-order valence-electron chi connectivity index (χ3n) is 5.21.